The minimum Gasteiger partial charge on any atom is -0.497 e. The molecule has 0 saturated carbocycles. The van der Waals surface area contributed by atoms with Gasteiger partial charge in [0.05, 0.1) is 19.8 Å². The Kier molecular flexibility index (Phi) is 4.45. The van der Waals surface area contributed by atoms with Crippen molar-refractivity contribution in [3.8, 4) is 16.9 Å². The molecule has 0 spiro atoms. The average Bonchev–Trinajstić information content (AvgIpc) is 2.49. The normalized spacial score (nSPS) is 10.2. The third-order valence-electron chi connectivity index (χ3n) is 3.15. The van der Waals surface area contributed by atoms with Crippen molar-refractivity contribution >= 4 is 21.9 Å². The van der Waals surface area contributed by atoms with Gasteiger partial charge in [0.15, 0.2) is 0 Å². The van der Waals surface area contributed by atoms with E-state index in [-0.39, 0.29) is 5.97 Å². The van der Waals surface area contributed by atoms with Crippen molar-refractivity contribution in [2.45, 2.75) is 6.92 Å². The first kappa shape index (κ1) is 14.6. The summed E-state index contributed by atoms with van der Waals surface area (Å²) in [5, 5.41) is 0. The first-order chi connectivity index (χ1) is 9.56. The summed E-state index contributed by atoms with van der Waals surface area (Å²) >= 11 is 3.49. The van der Waals surface area contributed by atoms with Crippen molar-refractivity contribution in [2.75, 3.05) is 14.2 Å². The third-order valence-corrected chi connectivity index (χ3v) is 3.97. The lowest BCUT2D eigenvalue weighted by atomic mass is 9.98. The van der Waals surface area contributed by atoms with Crippen molar-refractivity contribution in [1.29, 1.82) is 0 Å². The monoisotopic (exact) mass is 334 g/mol. The highest BCUT2D eigenvalue weighted by Gasteiger charge is 2.13. The Morgan fingerprint density at radius 2 is 1.90 bits per heavy atom. The summed E-state index contributed by atoms with van der Waals surface area (Å²) in [6, 6.07) is 11.3. The quantitative estimate of drug-likeness (QED) is 0.788. The third kappa shape index (κ3) is 2.85. The zero-order valence-corrected chi connectivity index (χ0v) is 13.2. The minimum atomic E-state index is -0.352. The van der Waals surface area contributed by atoms with Gasteiger partial charge < -0.3 is 9.47 Å². The van der Waals surface area contributed by atoms with Crippen molar-refractivity contribution in [1.82, 2.24) is 0 Å². The van der Waals surface area contributed by atoms with Crippen LogP contribution in [0.3, 0.4) is 0 Å². The molecule has 0 fully saturated rings. The van der Waals surface area contributed by atoms with Crippen LogP contribution >= 0.6 is 15.9 Å². The molecule has 0 radical (unpaired) electrons. The highest BCUT2D eigenvalue weighted by Crippen LogP contribution is 2.32. The minimum absolute atomic E-state index is 0.352. The molecule has 0 atom stereocenters. The second kappa shape index (κ2) is 6.09. The van der Waals surface area contributed by atoms with Crippen molar-refractivity contribution in [3.63, 3.8) is 0 Å². The van der Waals surface area contributed by atoms with E-state index < -0.39 is 0 Å². The summed E-state index contributed by atoms with van der Waals surface area (Å²) in [7, 11) is 3.01. The second-order valence-electron chi connectivity index (χ2n) is 4.35. The van der Waals surface area contributed by atoms with Gasteiger partial charge in [0, 0.05) is 4.47 Å². The Balaban J connectivity index is 2.60. The molecule has 0 aromatic heterocycles. The Morgan fingerprint density at radius 1 is 1.15 bits per heavy atom. The van der Waals surface area contributed by atoms with Crippen LogP contribution in [-0.4, -0.2) is 20.2 Å². The molecule has 0 aliphatic heterocycles. The summed E-state index contributed by atoms with van der Waals surface area (Å²) in [6.07, 6.45) is 0. The number of ether oxygens (including phenoxy) is 2. The van der Waals surface area contributed by atoms with Crippen LogP contribution in [0, 0.1) is 6.92 Å². The molecule has 3 nitrogen and oxygen atoms in total. The van der Waals surface area contributed by atoms with Gasteiger partial charge in [0.1, 0.15) is 5.75 Å². The Bertz CT molecular complexity index is 650. The summed E-state index contributed by atoms with van der Waals surface area (Å²) in [5.74, 6) is 0.427. The average molecular weight is 335 g/mol. The second-order valence-corrected chi connectivity index (χ2v) is 5.21. The predicted octanol–water partition coefficient (Wildman–Crippen LogP) is 4.22. The molecule has 2 aromatic rings. The number of halogens is 1. The van der Waals surface area contributed by atoms with E-state index in [0.717, 1.165) is 26.9 Å². The molecule has 0 amide bonds. The van der Waals surface area contributed by atoms with E-state index in [1.54, 1.807) is 13.2 Å². The van der Waals surface area contributed by atoms with Gasteiger partial charge in [-0.1, -0.05) is 28.1 Å². The van der Waals surface area contributed by atoms with E-state index in [4.69, 9.17) is 9.47 Å². The lowest BCUT2D eigenvalue weighted by Crippen LogP contribution is -2.02. The fraction of sp³-hybridized carbons (Fsp3) is 0.188. The van der Waals surface area contributed by atoms with E-state index in [9.17, 15) is 4.79 Å². The van der Waals surface area contributed by atoms with Gasteiger partial charge in [-0.25, -0.2) is 4.79 Å². The lowest BCUT2D eigenvalue weighted by molar-refractivity contribution is 0.0600. The van der Waals surface area contributed by atoms with Gasteiger partial charge in [-0.05, 0) is 47.9 Å². The Labute approximate surface area is 126 Å². The SMILES string of the molecule is COC(=O)c1cc(Br)c(C)c(-c2cccc(OC)c2)c1. The van der Waals surface area contributed by atoms with Crippen LogP contribution in [0.5, 0.6) is 5.75 Å². The number of benzene rings is 2. The zero-order valence-electron chi connectivity index (χ0n) is 11.6. The maximum atomic E-state index is 11.7. The largest absolute Gasteiger partial charge is 0.497 e. The number of methoxy groups -OCH3 is 2. The molecule has 0 aliphatic rings. The van der Waals surface area contributed by atoms with E-state index in [0.29, 0.717) is 5.56 Å². The summed E-state index contributed by atoms with van der Waals surface area (Å²) in [5.41, 5.74) is 3.54. The maximum Gasteiger partial charge on any atom is 0.337 e. The zero-order chi connectivity index (χ0) is 14.7. The lowest BCUT2D eigenvalue weighted by Gasteiger charge is -2.11. The molecule has 4 heteroatoms. The number of hydrogen-bond donors (Lipinski definition) is 0. The Hall–Kier alpha value is -1.81. The van der Waals surface area contributed by atoms with E-state index in [1.165, 1.54) is 7.11 Å². The molecule has 0 N–H and O–H groups in total. The van der Waals surface area contributed by atoms with Gasteiger partial charge in [-0.3, -0.25) is 0 Å². The fourth-order valence-electron chi connectivity index (χ4n) is 2.00. The number of esters is 1. The molecular weight excluding hydrogens is 320 g/mol. The molecule has 0 unspecified atom stereocenters. The van der Waals surface area contributed by atoms with Gasteiger partial charge in [0.2, 0.25) is 0 Å². The molecule has 2 rings (SSSR count). The van der Waals surface area contributed by atoms with Crippen molar-refractivity contribution in [3.05, 3.63) is 52.0 Å². The molecule has 104 valence electrons. The fourth-order valence-corrected chi connectivity index (χ4v) is 2.47. The van der Waals surface area contributed by atoms with Gasteiger partial charge in [-0.15, -0.1) is 0 Å². The molecule has 0 aliphatic carbocycles. The highest BCUT2D eigenvalue weighted by molar-refractivity contribution is 9.10. The van der Waals surface area contributed by atoms with Gasteiger partial charge in [-0.2, -0.15) is 0 Å². The molecule has 2 aromatic carbocycles. The van der Waals surface area contributed by atoms with E-state index in [2.05, 4.69) is 15.9 Å². The first-order valence-corrected chi connectivity index (χ1v) is 6.89. The Morgan fingerprint density at radius 3 is 2.55 bits per heavy atom. The maximum absolute atomic E-state index is 11.7. The first-order valence-electron chi connectivity index (χ1n) is 6.09. The van der Waals surface area contributed by atoms with Crippen LogP contribution in [0.2, 0.25) is 0 Å². The standard InChI is InChI=1S/C16H15BrO3/c1-10-14(11-5-4-6-13(7-11)19-2)8-12(9-15(10)17)16(18)20-3/h4-9H,1-3H3. The van der Waals surface area contributed by atoms with Crippen molar-refractivity contribution < 1.29 is 14.3 Å². The topological polar surface area (TPSA) is 35.5 Å². The molecular formula is C16H15BrO3. The van der Waals surface area contributed by atoms with E-state index >= 15 is 0 Å². The van der Waals surface area contributed by atoms with Gasteiger partial charge in [0.25, 0.3) is 0 Å². The summed E-state index contributed by atoms with van der Waals surface area (Å²) < 4.78 is 10.9. The van der Waals surface area contributed by atoms with Crippen LogP contribution in [0.4, 0.5) is 0 Å². The number of rotatable bonds is 3. The number of carbonyl (C=O) groups is 1. The number of hydrogen-bond acceptors (Lipinski definition) is 3. The molecule has 0 heterocycles. The van der Waals surface area contributed by atoms with Crippen LogP contribution in [0.1, 0.15) is 15.9 Å². The van der Waals surface area contributed by atoms with Crippen molar-refractivity contribution in [2.24, 2.45) is 0 Å². The van der Waals surface area contributed by atoms with Crippen LogP contribution in [0.25, 0.3) is 11.1 Å². The van der Waals surface area contributed by atoms with Crippen LogP contribution < -0.4 is 4.74 Å². The summed E-state index contributed by atoms with van der Waals surface area (Å²) in [6.45, 7) is 2.00. The molecule has 0 saturated heterocycles. The van der Waals surface area contributed by atoms with Crippen LogP contribution in [0.15, 0.2) is 40.9 Å². The van der Waals surface area contributed by atoms with Gasteiger partial charge >= 0.3 is 5.97 Å². The number of carbonyl (C=O) groups excluding carboxylic acids is 1. The van der Waals surface area contributed by atoms with E-state index in [1.807, 2.05) is 37.3 Å². The highest BCUT2D eigenvalue weighted by atomic mass is 79.9. The summed E-state index contributed by atoms with van der Waals surface area (Å²) in [4.78, 5) is 11.7. The van der Waals surface area contributed by atoms with Crippen LogP contribution in [-0.2, 0) is 4.74 Å². The smallest absolute Gasteiger partial charge is 0.337 e. The molecule has 20 heavy (non-hydrogen) atoms. The molecule has 0 bridgehead atoms. The predicted molar refractivity (Wildman–Crippen MR) is 82.2 cm³/mol.